The van der Waals surface area contributed by atoms with Crippen LogP contribution in [0, 0.1) is 0 Å². The van der Waals surface area contributed by atoms with Crippen LogP contribution in [-0.4, -0.2) is 42.9 Å². The first-order valence-corrected chi connectivity index (χ1v) is 6.34. The second-order valence-electron chi connectivity index (χ2n) is 4.04. The third-order valence-corrected chi connectivity index (χ3v) is 2.53. The van der Waals surface area contributed by atoms with Gasteiger partial charge < -0.3 is 15.0 Å². The molecule has 0 aliphatic heterocycles. The van der Waals surface area contributed by atoms with Gasteiger partial charge in [0, 0.05) is 26.3 Å². The van der Waals surface area contributed by atoms with Gasteiger partial charge in [-0.1, -0.05) is 0 Å². The van der Waals surface area contributed by atoms with Crippen molar-refractivity contribution in [1.29, 1.82) is 0 Å². The molecule has 114 valence electrons. The Labute approximate surface area is 116 Å². The molecular formula is C12H19F3N4O. The summed E-state index contributed by atoms with van der Waals surface area (Å²) in [6.07, 6.45) is -4.28. The Hall–Kier alpha value is -1.57. The van der Waals surface area contributed by atoms with Gasteiger partial charge in [-0.05, 0) is 13.8 Å². The summed E-state index contributed by atoms with van der Waals surface area (Å²) in [7, 11) is 1.65. The fourth-order valence-corrected chi connectivity index (χ4v) is 1.60. The molecule has 0 bridgehead atoms. The average molecular weight is 292 g/mol. The summed E-state index contributed by atoms with van der Waals surface area (Å²) in [5.74, 6) is 1.05. The molecule has 0 radical (unpaired) electrons. The van der Waals surface area contributed by atoms with E-state index in [4.69, 9.17) is 4.74 Å². The van der Waals surface area contributed by atoms with E-state index in [0.29, 0.717) is 18.2 Å². The van der Waals surface area contributed by atoms with Gasteiger partial charge in [-0.2, -0.15) is 13.2 Å². The Balaban J connectivity index is 3.01. The first-order valence-electron chi connectivity index (χ1n) is 6.34. The number of halogens is 3. The highest BCUT2D eigenvalue weighted by atomic mass is 19.4. The molecule has 1 N–H and O–H groups in total. The molecule has 0 aliphatic rings. The summed E-state index contributed by atoms with van der Waals surface area (Å²) in [5.41, 5.74) is 0. The maximum Gasteiger partial charge on any atom is 0.405 e. The number of hydrogen-bond donors (Lipinski definition) is 1. The highest BCUT2D eigenvalue weighted by Crippen LogP contribution is 2.22. The number of nitrogens with zero attached hydrogens (tertiary/aromatic N) is 3. The van der Waals surface area contributed by atoms with E-state index in [1.54, 1.807) is 14.0 Å². The topological polar surface area (TPSA) is 50.3 Å². The zero-order valence-electron chi connectivity index (χ0n) is 11.8. The zero-order valence-corrected chi connectivity index (χ0v) is 11.8. The van der Waals surface area contributed by atoms with Crippen LogP contribution in [0.3, 0.4) is 0 Å². The monoisotopic (exact) mass is 292 g/mol. The van der Waals surface area contributed by atoms with Crippen molar-refractivity contribution < 1.29 is 17.9 Å². The second-order valence-corrected chi connectivity index (χ2v) is 4.04. The molecule has 1 heterocycles. The van der Waals surface area contributed by atoms with Gasteiger partial charge in [0.1, 0.15) is 24.8 Å². The fraction of sp³-hybridized carbons (Fsp3) is 0.667. The third kappa shape index (κ3) is 5.20. The van der Waals surface area contributed by atoms with E-state index in [-0.39, 0.29) is 19.0 Å². The first-order chi connectivity index (χ1) is 9.39. The van der Waals surface area contributed by atoms with Crippen molar-refractivity contribution in [2.24, 2.45) is 0 Å². The Morgan fingerprint density at radius 1 is 1.30 bits per heavy atom. The van der Waals surface area contributed by atoms with E-state index in [1.807, 2.05) is 6.92 Å². The molecule has 0 saturated heterocycles. The number of hydrogen-bond acceptors (Lipinski definition) is 5. The van der Waals surface area contributed by atoms with Crippen LogP contribution in [0.1, 0.15) is 19.7 Å². The number of anilines is 2. The summed E-state index contributed by atoms with van der Waals surface area (Å²) >= 11 is 0. The Bertz CT molecular complexity index is 426. The Morgan fingerprint density at radius 2 is 2.00 bits per heavy atom. The first kappa shape index (κ1) is 16.5. The average Bonchev–Trinajstić information content (AvgIpc) is 2.41. The molecule has 0 unspecified atom stereocenters. The van der Waals surface area contributed by atoms with E-state index < -0.39 is 12.7 Å². The van der Waals surface area contributed by atoms with Crippen LogP contribution < -0.4 is 10.2 Å². The van der Waals surface area contributed by atoms with Crippen LogP contribution in [0.25, 0.3) is 0 Å². The van der Waals surface area contributed by atoms with Crippen molar-refractivity contribution >= 4 is 11.6 Å². The molecule has 0 amide bonds. The van der Waals surface area contributed by atoms with Crippen LogP contribution in [0.4, 0.5) is 24.8 Å². The quantitative estimate of drug-likeness (QED) is 0.836. The molecule has 0 fully saturated rings. The lowest BCUT2D eigenvalue weighted by Crippen LogP contribution is -2.35. The molecule has 0 saturated carbocycles. The smallest absolute Gasteiger partial charge is 0.374 e. The van der Waals surface area contributed by atoms with Gasteiger partial charge in [-0.25, -0.2) is 9.97 Å². The largest absolute Gasteiger partial charge is 0.405 e. The highest BCUT2D eigenvalue weighted by Gasteiger charge is 2.31. The summed E-state index contributed by atoms with van der Waals surface area (Å²) in [4.78, 5) is 9.42. The number of aromatic nitrogens is 2. The summed E-state index contributed by atoms with van der Waals surface area (Å²) in [5, 5.41) is 2.81. The Morgan fingerprint density at radius 3 is 2.50 bits per heavy atom. The van der Waals surface area contributed by atoms with Crippen LogP contribution in [0.15, 0.2) is 6.07 Å². The van der Waals surface area contributed by atoms with Crippen molar-refractivity contribution in [3.05, 3.63) is 11.9 Å². The minimum atomic E-state index is -4.28. The zero-order chi connectivity index (χ0) is 15.2. The lowest BCUT2D eigenvalue weighted by Gasteiger charge is -2.24. The Kier molecular flexibility index (Phi) is 6.00. The number of rotatable bonds is 7. The van der Waals surface area contributed by atoms with Crippen molar-refractivity contribution in [2.45, 2.75) is 26.6 Å². The van der Waals surface area contributed by atoms with E-state index in [2.05, 4.69) is 15.3 Å². The predicted molar refractivity (Wildman–Crippen MR) is 70.9 cm³/mol. The van der Waals surface area contributed by atoms with Gasteiger partial charge >= 0.3 is 6.18 Å². The van der Waals surface area contributed by atoms with Crippen molar-refractivity contribution in [1.82, 2.24) is 9.97 Å². The highest BCUT2D eigenvalue weighted by molar-refractivity contribution is 5.49. The van der Waals surface area contributed by atoms with Gasteiger partial charge in [0.15, 0.2) is 5.82 Å². The van der Waals surface area contributed by atoms with Crippen LogP contribution in [-0.2, 0) is 11.3 Å². The van der Waals surface area contributed by atoms with Gasteiger partial charge in [-0.3, -0.25) is 0 Å². The predicted octanol–water partition coefficient (Wildman–Crippen LogP) is 2.44. The summed E-state index contributed by atoms with van der Waals surface area (Å²) < 4.78 is 42.8. The normalized spacial score (nSPS) is 11.5. The lowest BCUT2D eigenvalue weighted by atomic mass is 10.4. The lowest BCUT2D eigenvalue weighted by molar-refractivity contribution is -0.119. The van der Waals surface area contributed by atoms with Gasteiger partial charge in [0.25, 0.3) is 0 Å². The number of ether oxygens (including phenoxy) is 1. The standard InChI is InChI=1S/C12H19F3N4O/c1-4-19(8-12(13,14)15)11-6-9(16-3)17-10(18-11)7-20-5-2/h6H,4-5,7-8H2,1-3H3,(H,16,17,18). The molecule has 1 aromatic heterocycles. The van der Waals surface area contributed by atoms with Crippen molar-refractivity contribution in [2.75, 3.05) is 37.0 Å². The second kappa shape index (κ2) is 7.28. The minimum Gasteiger partial charge on any atom is -0.374 e. The fourth-order valence-electron chi connectivity index (χ4n) is 1.60. The van der Waals surface area contributed by atoms with Gasteiger partial charge in [0.05, 0.1) is 0 Å². The SMILES string of the molecule is CCOCc1nc(NC)cc(N(CC)CC(F)(F)F)n1. The number of alkyl halides is 3. The van der Waals surface area contributed by atoms with Gasteiger partial charge in [-0.15, -0.1) is 0 Å². The molecule has 0 spiro atoms. The molecule has 0 atom stereocenters. The minimum absolute atomic E-state index is 0.169. The third-order valence-electron chi connectivity index (χ3n) is 2.53. The van der Waals surface area contributed by atoms with E-state index in [1.165, 1.54) is 6.07 Å². The molecule has 1 rings (SSSR count). The summed E-state index contributed by atoms with van der Waals surface area (Å²) in [6, 6.07) is 1.49. The molecular weight excluding hydrogens is 273 g/mol. The van der Waals surface area contributed by atoms with E-state index in [9.17, 15) is 13.2 Å². The molecule has 8 heteroatoms. The molecule has 0 aliphatic carbocycles. The number of nitrogens with one attached hydrogen (secondary N) is 1. The maximum absolute atomic E-state index is 12.5. The molecule has 20 heavy (non-hydrogen) atoms. The van der Waals surface area contributed by atoms with E-state index in [0.717, 1.165) is 4.90 Å². The molecule has 0 aromatic carbocycles. The van der Waals surface area contributed by atoms with E-state index >= 15 is 0 Å². The molecule has 5 nitrogen and oxygen atoms in total. The van der Waals surface area contributed by atoms with Crippen molar-refractivity contribution in [3.63, 3.8) is 0 Å². The van der Waals surface area contributed by atoms with Crippen LogP contribution >= 0.6 is 0 Å². The molecule has 1 aromatic rings. The van der Waals surface area contributed by atoms with Crippen LogP contribution in [0.2, 0.25) is 0 Å². The van der Waals surface area contributed by atoms with Gasteiger partial charge in [0.2, 0.25) is 0 Å². The summed E-state index contributed by atoms with van der Waals surface area (Å²) in [6.45, 7) is 3.29. The van der Waals surface area contributed by atoms with Crippen LogP contribution in [0.5, 0.6) is 0 Å². The van der Waals surface area contributed by atoms with Crippen molar-refractivity contribution in [3.8, 4) is 0 Å². The maximum atomic E-state index is 12.5.